The molecule has 3 aromatic rings. The van der Waals surface area contributed by atoms with E-state index in [0.29, 0.717) is 67.3 Å². The number of rotatable bonds is 9. The van der Waals surface area contributed by atoms with Crippen LogP contribution in [0.1, 0.15) is 50.7 Å². The molecule has 3 amide bonds. The Labute approximate surface area is 251 Å². The SMILES string of the molecule is Cc1ccccc1N1CCN(c2ccc(C(=O)NCCCN3CCCC3=O)cc2NC(=O)c2nc(C(F)(F)F)cs2)CC1. The van der Waals surface area contributed by atoms with Gasteiger partial charge >= 0.3 is 6.18 Å². The second kappa shape index (κ2) is 13.0. The van der Waals surface area contributed by atoms with Gasteiger partial charge in [0.1, 0.15) is 0 Å². The quantitative estimate of drug-likeness (QED) is 0.337. The molecule has 9 nitrogen and oxygen atoms in total. The van der Waals surface area contributed by atoms with Crippen LogP contribution < -0.4 is 20.4 Å². The standard InChI is InChI=1S/C30H33F3N6O3S/c1-20-6-2-3-7-23(20)37-14-16-38(17-15-37)24-10-9-21(27(41)34-11-5-13-39-12-4-8-26(39)40)18-22(24)35-28(42)29-36-25(19-43-29)30(31,32)33/h2-3,6-7,9-10,18-19H,4-5,8,11-17H2,1H3,(H,34,41)(H,35,42). The Balaban J connectivity index is 1.30. The highest BCUT2D eigenvalue weighted by molar-refractivity contribution is 7.11. The normalized spacial score (nSPS) is 15.6. The first-order valence-electron chi connectivity index (χ1n) is 14.2. The van der Waals surface area contributed by atoms with E-state index in [9.17, 15) is 27.6 Å². The van der Waals surface area contributed by atoms with Crippen LogP contribution in [0.4, 0.5) is 30.2 Å². The molecular weight excluding hydrogens is 581 g/mol. The largest absolute Gasteiger partial charge is 0.434 e. The molecule has 0 unspecified atom stereocenters. The van der Waals surface area contributed by atoms with Crippen LogP contribution in [-0.4, -0.2) is 73.4 Å². The van der Waals surface area contributed by atoms with Crippen molar-refractivity contribution in [3.63, 3.8) is 0 Å². The molecular formula is C30H33F3N6O3S. The highest BCUT2D eigenvalue weighted by Gasteiger charge is 2.34. The van der Waals surface area contributed by atoms with Crippen LogP contribution in [0.2, 0.25) is 0 Å². The van der Waals surface area contributed by atoms with Gasteiger partial charge in [0.15, 0.2) is 10.7 Å². The van der Waals surface area contributed by atoms with E-state index in [-0.39, 0.29) is 16.8 Å². The zero-order valence-electron chi connectivity index (χ0n) is 23.7. The van der Waals surface area contributed by atoms with Crippen LogP contribution in [0, 0.1) is 6.92 Å². The Morgan fingerprint density at radius 3 is 2.35 bits per heavy atom. The second-order valence-corrected chi connectivity index (χ2v) is 11.4. The van der Waals surface area contributed by atoms with Gasteiger partial charge in [0.2, 0.25) is 5.91 Å². The molecule has 43 heavy (non-hydrogen) atoms. The Bertz CT molecular complexity index is 1490. The summed E-state index contributed by atoms with van der Waals surface area (Å²) in [4.78, 5) is 47.4. The third-order valence-corrected chi connectivity index (χ3v) is 8.48. The van der Waals surface area contributed by atoms with Gasteiger partial charge in [-0.3, -0.25) is 14.4 Å². The van der Waals surface area contributed by atoms with Crippen molar-refractivity contribution >= 4 is 46.1 Å². The number of likely N-dealkylation sites (tertiary alicyclic amines) is 1. The molecule has 3 heterocycles. The third-order valence-electron chi connectivity index (χ3n) is 7.63. The number of benzene rings is 2. The predicted octanol–water partition coefficient (Wildman–Crippen LogP) is 4.79. The molecule has 2 saturated heterocycles. The summed E-state index contributed by atoms with van der Waals surface area (Å²) in [5.74, 6) is -1.01. The Morgan fingerprint density at radius 2 is 1.70 bits per heavy atom. The van der Waals surface area contributed by atoms with Crippen LogP contribution >= 0.6 is 11.3 Å². The third kappa shape index (κ3) is 7.27. The number of nitrogens with one attached hydrogen (secondary N) is 2. The van der Waals surface area contributed by atoms with Crippen LogP contribution in [0.15, 0.2) is 47.8 Å². The lowest BCUT2D eigenvalue weighted by Gasteiger charge is -2.38. The van der Waals surface area contributed by atoms with Gasteiger partial charge < -0.3 is 25.3 Å². The van der Waals surface area contributed by atoms with Crippen molar-refractivity contribution < 1.29 is 27.6 Å². The summed E-state index contributed by atoms with van der Waals surface area (Å²) in [6.07, 6.45) is -2.63. The molecule has 2 aliphatic heterocycles. The van der Waals surface area contributed by atoms with E-state index in [2.05, 4.69) is 44.5 Å². The number of carbonyl (C=O) groups excluding carboxylic acids is 3. The minimum atomic E-state index is -4.66. The Hall–Kier alpha value is -4.13. The fourth-order valence-corrected chi connectivity index (χ4v) is 6.08. The fraction of sp³-hybridized carbons (Fsp3) is 0.400. The lowest BCUT2D eigenvalue weighted by Crippen LogP contribution is -2.47. The number of hydrogen-bond donors (Lipinski definition) is 2. The lowest BCUT2D eigenvalue weighted by molar-refractivity contribution is -0.140. The first-order valence-corrected chi connectivity index (χ1v) is 15.1. The fourth-order valence-electron chi connectivity index (χ4n) is 5.36. The van der Waals surface area contributed by atoms with Crippen molar-refractivity contribution in [1.29, 1.82) is 0 Å². The highest BCUT2D eigenvalue weighted by atomic mass is 32.1. The molecule has 0 aliphatic carbocycles. The molecule has 2 aromatic carbocycles. The first kappa shape index (κ1) is 30.3. The molecule has 228 valence electrons. The average molecular weight is 615 g/mol. The van der Waals surface area contributed by atoms with Gasteiger partial charge in [-0.1, -0.05) is 18.2 Å². The summed E-state index contributed by atoms with van der Waals surface area (Å²) in [6, 6.07) is 13.1. The van der Waals surface area contributed by atoms with Crippen molar-refractivity contribution in [2.24, 2.45) is 0 Å². The Kier molecular flexibility index (Phi) is 9.19. The molecule has 1 aromatic heterocycles. The number of amides is 3. The summed E-state index contributed by atoms with van der Waals surface area (Å²) in [6.45, 7) is 6.45. The number of anilines is 3. The molecule has 0 bridgehead atoms. The van der Waals surface area contributed by atoms with Crippen molar-refractivity contribution in [3.05, 3.63) is 69.7 Å². The monoisotopic (exact) mass is 614 g/mol. The van der Waals surface area contributed by atoms with Crippen LogP contribution in [-0.2, 0) is 11.0 Å². The predicted molar refractivity (Wildman–Crippen MR) is 160 cm³/mol. The number of nitrogens with zero attached hydrogens (tertiary/aromatic N) is 4. The summed E-state index contributed by atoms with van der Waals surface area (Å²) in [5, 5.41) is 6.04. The minimum absolute atomic E-state index is 0.129. The topological polar surface area (TPSA) is 97.9 Å². The zero-order valence-corrected chi connectivity index (χ0v) is 24.6. The van der Waals surface area contributed by atoms with E-state index in [1.54, 1.807) is 23.1 Å². The summed E-state index contributed by atoms with van der Waals surface area (Å²) in [7, 11) is 0. The van der Waals surface area contributed by atoms with Gasteiger partial charge in [-0.05, 0) is 49.6 Å². The number of aryl methyl sites for hydroxylation is 1. The minimum Gasteiger partial charge on any atom is -0.368 e. The van der Waals surface area contributed by atoms with Gasteiger partial charge in [0, 0.05) is 68.9 Å². The van der Waals surface area contributed by atoms with E-state index >= 15 is 0 Å². The lowest BCUT2D eigenvalue weighted by atomic mass is 10.1. The van der Waals surface area contributed by atoms with E-state index in [1.807, 2.05) is 12.1 Å². The summed E-state index contributed by atoms with van der Waals surface area (Å²) >= 11 is 0.608. The van der Waals surface area contributed by atoms with Crippen molar-refractivity contribution in [3.8, 4) is 0 Å². The molecule has 0 atom stereocenters. The second-order valence-electron chi connectivity index (χ2n) is 10.6. The van der Waals surface area contributed by atoms with E-state index < -0.39 is 17.8 Å². The van der Waals surface area contributed by atoms with E-state index in [0.717, 1.165) is 37.1 Å². The molecule has 2 aliphatic rings. The maximum Gasteiger partial charge on any atom is 0.434 e. The number of aromatic nitrogens is 1. The highest BCUT2D eigenvalue weighted by Crippen LogP contribution is 2.33. The number of hydrogen-bond acceptors (Lipinski definition) is 7. The first-order chi connectivity index (χ1) is 20.6. The average Bonchev–Trinajstić information content (AvgIpc) is 3.65. The van der Waals surface area contributed by atoms with Crippen LogP contribution in [0.25, 0.3) is 0 Å². The molecule has 13 heteroatoms. The van der Waals surface area contributed by atoms with Crippen molar-refractivity contribution in [2.45, 2.75) is 32.4 Å². The van der Waals surface area contributed by atoms with Crippen molar-refractivity contribution in [1.82, 2.24) is 15.2 Å². The summed E-state index contributed by atoms with van der Waals surface area (Å²) in [5.41, 5.74) is 2.47. The van der Waals surface area contributed by atoms with Crippen molar-refractivity contribution in [2.75, 3.05) is 60.9 Å². The smallest absolute Gasteiger partial charge is 0.368 e. The number of piperazine rings is 1. The van der Waals surface area contributed by atoms with Crippen LogP contribution in [0.5, 0.6) is 0 Å². The van der Waals surface area contributed by atoms with Gasteiger partial charge in [-0.2, -0.15) is 13.2 Å². The number of carbonyl (C=O) groups is 3. The maximum atomic E-state index is 13.1. The number of halogens is 3. The zero-order chi connectivity index (χ0) is 30.6. The van der Waals surface area contributed by atoms with E-state index in [4.69, 9.17) is 0 Å². The maximum absolute atomic E-state index is 13.1. The molecule has 0 saturated carbocycles. The molecule has 5 rings (SSSR count). The summed E-state index contributed by atoms with van der Waals surface area (Å²) < 4.78 is 39.3. The van der Waals surface area contributed by atoms with Crippen LogP contribution in [0.3, 0.4) is 0 Å². The van der Waals surface area contributed by atoms with E-state index in [1.165, 1.54) is 5.56 Å². The molecule has 0 radical (unpaired) electrons. The molecule has 0 spiro atoms. The van der Waals surface area contributed by atoms with Gasteiger partial charge in [0.25, 0.3) is 11.8 Å². The molecule has 2 N–H and O–H groups in total. The molecule has 2 fully saturated rings. The van der Waals surface area contributed by atoms with Gasteiger partial charge in [-0.15, -0.1) is 11.3 Å². The number of thiazole rings is 1. The number of para-hydroxylation sites is 1. The number of alkyl halides is 3. The van der Waals surface area contributed by atoms with Gasteiger partial charge in [0.05, 0.1) is 11.4 Å². The van der Waals surface area contributed by atoms with Gasteiger partial charge in [-0.25, -0.2) is 4.98 Å². The Morgan fingerprint density at radius 1 is 0.977 bits per heavy atom.